The lowest BCUT2D eigenvalue weighted by Crippen LogP contribution is -2.12. The van der Waals surface area contributed by atoms with Crippen molar-refractivity contribution >= 4 is 5.69 Å². The summed E-state index contributed by atoms with van der Waals surface area (Å²) in [5.74, 6) is 1.34. The second-order valence-corrected chi connectivity index (χ2v) is 4.50. The number of nitrogen functional groups attached to an aromatic ring is 1. The van der Waals surface area contributed by atoms with Crippen LogP contribution in [0.1, 0.15) is 13.8 Å². The van der Waals surface area contributed by atoms with Gasteiger partial charge in [-0.15, -0.1) is 0 Å². The molecule has 0 aromatic heterocycles. The van der Waals surface area contributed by atoms with E-state index in [2.05, 4.69) is 13.8 Å². The zero-order valence-electron chi connectivity index (χ0n) is 11.2. The van der Waals surface area contributed by atoms with Crippen molar-refractivity contribution < 1.29 is 14.2 Å². The van der Waals surface area contributed by atoms with Gasteiger partial charge in [-0.1, -0.05) is 19.9 Å². The molecule has 102 valence electrons. The molecular weight excluding hydrogens is 230 g/mol. The van der Waals surface area contributed by atoms with Crippen molar-refractivity contribution in [2.75, 3.05) is 38.8 Å². The van der Waals surface area contributed by atoms with Gasteiger partial charge in [0.15, 0.2) is 0 Å². The Balaban J connectivity index is 1.96. The van der Waals surface area contributed by atoms with Crippen LogP contribution in [0.3, 0.4) is 0 Å². The third kappa shape index (κ3) is 7.14. The van der Waals surface area contributed by atoms with Crippen LogP contribution < -0.4 is 10.5 Å². The SMILES string of the molecule is CC(C)COCCOCCOc1cccc(N)c1. The van der Waals surface area contributed by atoms with E-state index in [1.54, 1.807) is 6.07 Å². The average Bonchev–Trinajstić information content (AvgIpc) is 2.32. The van der Waals surface area contributed by atoms with Crippen LogP contribution in [-0.2, 0) is 9.47 Å². The zero-order chi connectivity index (χ0) is 13.2. The Morgan fingerprint density at radius 1 is 1.06 bits per heavy atom. The molecule has 4 nitrogen and oxygen atoms in total. The molecule has 1 rings (SSSR count). The molecule has 0 spiro atoms. The molecule has 0 bridgehead atoms. The van der Waals surface area contributed by atoms with Crippen molar-refractivity contribution in [3.8, 4) is 5.75 Å². The van der Waals surface area contributed by atoms with E-state index >= 15 is 0 Å². The van der Waals surface area contributed by atoms with Crippen molar-refractivity contribution in [2.24, 2.45) is 5.92 Å². The first-order chi connectivity index (χ1) is 8.68. The van der Waals surface area contributed by atoms with Crippen LogP contribution >= 0.6 is 0 Å². The van der Waals surface area contributed by atoms with Crippen LogP contribution in [0.5, 0.6) is 5.75 Å². The predicted octanol–water partition coefficient (Wildman–Crippen LogP) is 2.34. The molecule has 0 saturated carbocycles. The van der Waals surface area contributed by atoms with Gasteiger partial charge in [0.1, 0.15) is 12.4 Å². The Bertz CT molecular complexity index is 329. The number of anilines is 1. The number of rotatable bonds is 9. The van der Waals surface area contributed by atoms with Crippen molar-refractivity contribution in [3.05, 3.63) is 24.3 Å². The summed E-state index contributed by atoms with van der Waals surface area (Å²) in [6.45, 7) is 7.35. The first kappa shape index (κ1) is 14.8. The van der Waals surface area contributed by atoms with E-state index in [4.69, 9.17) is 19.9 Å². The predicted molar refractivity (Wildman–Crippen MR) is 72.8 cm³/mol. The Kier molecular flexibility index (Phi) is 7.22. The summed E-state index contributed by atoms with van der Waals surface area (Å²) in [6, 6.07) is 7.37. The lowest BCUT2D eigenvalue weighted by atomic mass is 10.2. The maximum atomic E-state index is 5.64. The van der Waals surface area contributed by atoms with Crippen LogP contribution in [0, 0.1) is 5.92 Å². The van der Waals surface area contributed by atoms with E-state index in [0.29, 0.717) is 38.0 Å². The standard InChI is InChI=1S/C14H23NO3/c1-12(2)11-17-7-6-16-8-9-18-14-5-3-4-13(15)10-14/h3-5,10,12H,6-9,11,15H2,1-2H3. The van der Waals surface area contributed by atoms with Crippen LogP contribution in [0.4, 0.5) is 5.69 Å². The lowest BCUT2D eigenvalue weighted by molar-refractivity contribution is 0.0282. The van der Waals surface area contributed by atoms with E-state index < -0.39 is 0 Å². The highest BCUT2D eigenvalue weighted by molar-refractivity contribution is 5.43. The fourth-order valence-electron chi connectivity index (χ4n) is 1.36. The largest absolute Gasteiger partial charge is 0.491 e. The molecule has 0 aliphatic heterocycles. The summed E-state index contributed by atoms with van der Waals surface area (Å²) >= 11 is 0. The van der Waals surface area contributed by atoms with Gasteiger partial charge in [-0.25, -0.2) is 0 Å². The van der Waals surface area contributed by atoms with Gasteiger partial charge < -0.3 is 19.9 Å². The summed E-state index contributed by atoms with van der Waals surface area (Å²) < 4.78 is 16.3. The van der Waals surface area contributed by atoms with Gasteiger partial charge in [0.25, 0.3) is 0 Å². The first-order valence-electron chi connectivity index (χ1n) is 6.32. The number of benzene rings is 1. The first-order valence-corrected chi connectivity index (χ1v) is 6.32. The highest BCUT2D eigenvalue weighted by atomic mass is 16.5. The Morgan fingerprint density at radius 2 is 1.78 bits per heavy atom. The fourth-order valence-corrected chi connectivity index (χ4v) is 1.36. The Hall–Kier alpha value is -1.26. The molecule has 1 aromatic carbocycles. The average molecular weight is 253 g/mol. The van der Waals surface area contributed by atoms with Gasteiger partial charge in [-0.2, -0.15) is 0 Å². The minimum atomic E-state index is 0.521. The minimum absolute atomic E-state index is 0.521. The summed E-state index contributed by atoms with van der Waals surface area (Å²) in [4.78, 5) is 0. The summed E-state index contributed by atoms with van der Waals surface area (Å²) in [5, 5.41) is 0. The van der Waals surface area contributed by atoms with Gasteiger partial charge in [-0.3, -0.25) is 0 Å². The monoisotopic (exact) mass is 253 g/mol. The Morgan fingerprint density at radius 3 is 2.50 bits per heavy atom. The second-order valence-electron chi connectivity index (χ2n) is 4.50. The van der Waals surface area contributed by atoms with E-state index in [1.165, 1.54) is 0 Å². The maximum absolute atomic E-state index is 5.64. The molecule has 0 amide bonds. The topological polar surface area (TPSA) is 53.7 Å². The zero-order valence-corrected chi connectivity index (χ0v) is 11.2. The molecule has 1 aromatic rings. The number of nitrogens with two attached hydrogens (primary N) is 1. The van der Waals surface area contributed by atoms with Gasteiger partial charge in [0, 0.05) is 18.4 Å². The van der Waals surface area contributed by atoms with E-state index in [1.807, 2.05) is 18.2 Å². The normalized spacial score (nSPS) is 10.8. The Labute approximate surface area is 109 Å². The van der Waals surface area contributed by atoms with Crippen molar-refractivity contribution in [2.45, 2.75) is 13.8 Å². The van der Waals surface area contributed by atoms with E-state index in [0.717, 1.165) is 12.4 Å². The third-order valence-corrected chi connectivity index (χ3v) is 2.18. The molecule has 0 atom stereocenters. The highest BCUT2D eigenvalue weighted by Crippen LogP contribution is 2.13. The quantitative estimate of drug-likeness (QED) is 0.542. The summed E-state index contributed by atoms with van der Waals surface area (Å²) in [7, 11) is 0. The van der Waals surface area contributed by atoms with E-state index in [9.17, 15) is 0 Å². The summed E-state index contributed by atoms with van der Waals surface area (Å²) in [6.07, 6.45) is 0. The highest BCUT2D eigenvalue weighted by Gasteiger charge is 1.96. The fraction of sp³-hybridized carbons (Fsp3) is 0.571. The lowest BCUT2D eigenvalue weighted by Gasteiger charge is -2.09. The van der Waals surface area contributed by atoms with Crippen molar-refractivity contribution in [3.63, 3.8) is 0 Å². The van der Waals surface area contributed by atoms with Crippen LogP contribution in [0.25, 0.3) is 0 Å². The molecular formula is C14H23NO3. The molecule has 2 N–H and O–H groups in total. The van der Waals surface area contributed by atoms with Gasteiger partial charge >= 0.3 is 0 Å². The van der Waals surface area contributed by atoms with Crippen LogP contribution in [-0.4, -0.2) is 33.0 Å². The van der Waals surface area contributed by atoms with Gasteiger partial charge in [0.2, 0.25) is 0 Å². The number of ether oxygens (including phenoxy) is 3. The van der Waals surface area contributed by atoms with Crippen molar-refractivity contribution in [1.82, 2.24) is 0 Å². The minimum Gasteiger partial charge on any atom is -0.491 e. The molecule has 4 heteroatoms. The molecule has 0 fully saturated rings. The van der Waals surface area contributed by atoms with Crippen LogP contribution in [0.2, 0.25) is 0 Å². The molecule has 0 radical (unpaired) electrons. The smallest absolute Gasteiger partial charge is 0.121 e. The maximum Gasteiger partial charge on any atom is 0.121 e. The number of hydrogen-bond acceptors (Lipinski definition) is 4. The van der Waals surface area contributed by atoms with E-state index in [-0.39, 0.29) is 0 Å². The van der Waals surface area contributed by atoms with Gasteiger partial charge in [0.05, 0.1) is 19.8 Å². The van der Waals surface area contributed by atoms with Crippen molar-refractivity contribution in [1.29, 1.82) is 0 Å². The van der Waals surface area contributed by atoms with Gasteiger partial charge in [-0.05, 0) is 18.1 Å². The number of hydrogen-bond donors (Lipinski definition) is 1. The molecule has 0 saturated heterocycles. The molecule has 0 unspecified atom stereocenters. The third-order valence-electron chi connectivity index (χ3n) is 2.18. The molecule has 0 aliphatic rings. The second kappa shape index (κ2) is 8.78. The summed E-state index contributed by atoms with van der Waals surface area (Å²) in [5.41, 5.74) is 6.34. The molecule has 0 heterocycles. The molecule has 18 heavy (non-hydrogen) atoms. The van der Waals surface area contributed by atoms with Crippen LogP contribution in [0.15, 0.2) is 24.3 Å². The molecule has 0 aliphatic carbocycles.